The first kappa shape index (κ1) is 15.7. The molecule has 0 fully saturated rings. The summed E-state index contributed by atoms with van der Waals surface area (Å²) >= 11 is 1.68. The normalized spacial score (nSPS) is 12.3. The van der Waals surface area contributed by atoms with Gasteiger partial charge >= 0.3 is 0 Å². The van der Waals surface area contributed by atoms with Crippen LogP contribution in [0.2, 0.25) is 0 Å². The molecule has 0 atom stereocenters. The third-order valence-corrected chi connectivity index (χ3v) is 5.66. The van der Waals surface area contributed by atoms with E-state index in [1.165, 1.54) is 5.56 Å². The number of rotatable bonds is 2. The van der Waals surface area contributed by atoms with Crippen LogP contribution in [0.1, 0.15) is 35.8 Å². The Labute approximate surface area is 152 Å². The van der Waals surface area contributed by atoms with Crippen LogP contribution in [-0.2, 0) is 0 Å². The zero-order valence-corrected chi connectivity index (χ0v) is 15.1. The maximum Gasteiger partial charge on any atom is 0.0998 e. The summed E-state index contributed by atoms with van der Waals surface area (Å²) in [5, 5.41) is 15.2. The molecule has 1 aromatic heterocycles. The molecule has 4 rings (SSSR count). The molecule has 0 bridgehead atoms. The van der Waals surface area contributed by atoms with Crippen LogP contribution in [0, 0.1) is 11.3 Å². The van der Waals surface area contributed by atoms with Crippen LogP contribution in [0.3, 0.4) is 0 Å². The van der Waals surface area contributed by atoms with Crippen LogP contribution in [0.4, 0.5) is 5.69 Å². The van der Waals surface area contributed by atoms with Crippen LogP contribution < -0.4 is 5.32 Å². The molecule has 0 unspecified atom stereocenters. The van der Waals surface area contributed by atoms with Gasteiger partial charge in [0.2, 0.25) is 0 Å². The second kappa shape index (κ2) is 5.91. The lowest BCUT2D eigenvalue weighted by atomic mass is 9.87. The minimum atomic E-state index is 0.489. The molecule has 0 saturated carbocycles. The Morgan fingerprint density at radius 3 is 2.48 bits per heavy atom. The smallest absolute Gasteiger partial charge is 0.0998 e. The SMILES string of the molecule is C=C1Nc2ccc(C#N)c(-c3ccc(C(C)C)cc3)c2-c2ccsc21. The molecule has 0 amide bonds. The summed E-state index contributed by atoms with van der Waals surface area (Å²) in [6, 6.07) is 16.9. The second-order valence-electron chi connectivity index (χ2n) is 6.57. The van der Waals surface area contributed by atoms with Gasteiger partial charge in [-0.15, -0.1) is 11.3 Å². The van der Waals surface area contributed by atoms with E-state index in [1.54, 1.807) is 11.3 Å². The molecular formula is C22H18N2S. The molecule has 0 radical (unpaired) electrons. The van der Waals surface area contributed by atoms with E-state index in [4.69, 9.17) is 0 Å². The summed E-state index contributed by atoms with van der Waals surface area (Å²) in [5.41, 5.74) is 8.25. The number of hydrogen-bond donors (Lipinski definition) is 1. The van der Waals surface area contributed by atoms with E-state index in [0.29, 0.717) is 11.5 Å². The summed E-state index contributed by atoms with van der Waals surface area (Å²) in [5.74, 6) is 0.489. The summed E-state index contributed by atoms with van der Waals surface area (Å²) in [7, 11) is 0. The average Bonchev–Trinajstić information content (AvgIpc) is 3.11. The number of nitrogens with one attached hydrogen (secondary N) is 1. The van der Waals surface area contributed by atoms with Gasteiger partial charge in [0.15, 0.2) is 0 Å². The van der Waals surface area contributed by atoms with Gasteiger partial charge in [0.1, 0.15) is 0 Å². The molecule has 122 valence electrons. The zero-order valence-electron chi connectivity index (χ0n) is 14.3. The highest BCUT2D eigenvalue weighted by Crippen LogP contribution is 2.48. The van der Waals surface area contributed by atoms with Crippen molar-refractivity contribution in [1.29, 1.82) is 5.26 Å². The van der Waals surface area contributed by atoms with Gasteiger partial charge in [-0.2, -0.15) is 5.26 Å². The van der Waals surface area contributed by atoms with Gasteiger partial charge in [-0.05, 0) is 40.6 Å². The molecular weight excluding hydrogens is 324 g/mol. The van der Waals surface area contributed by atoms with E-state index in [-0.39, 0.29) is 0 Å². The number of benzene rings is 2. The number of hydrogen-bond acceptors (Lipinski definition) is 3. The minimum Gasteiger partial charge on any atom is -0.354 e. The highest BCUT2D eigenvalue weighted by atomic mass is 32.1. The first-order chi connectivity index (χ1) is 12.1. The Morgan fingerprint density at radius 2 is 1.80 bits per heavy atom. The van der Waals surface area contributed by atoms with E-state index < -0.39 is 0 Å². The maximum absolute atomic E-state index is 9.69. The molecule has 1 aliphatic rings. The van der Waals surface area contributed by atoms with Crippen molar-refractivity contribution in [2.45, 2.75) is 19.8 Å². The van der Waals surface area contributed by atoms with Crippen molar-refractivity contribution >= 4 is 22.7 Å². The fourth-order valence-corrected chi connectivity index (χ4v) is 4.20. The first-order valence-corrected chi connectivity index (χ1v) is 9.19. The van der Waals surface area contributed by atoms with Crippen molar-refractivity contribution in [3.05, 3.63) is 70.4 Å². The van der Waals surface area contributed by atoms with Gasteiger partial charge in [-0.1, -0.05) is 44.7 Å². The van der Waals surface area contributed by atoms with Crippen molar-refractivity contribution in [2.24, 2.45) is 0 Å². The quantitative estimate of drug-likeness (QED) is 0.579. The maximum atomic E-state index is 9.69. The van der Waals surface area contributed by atoms with Crippen molar-refractivity contribution in [3.8, 4) is 28.3 Å². The number of nitrogens with zero attached hydrogens (tertiary/aromatic N) is 1. The number of fused-ring (bicyclic) bond motifs is 3. The van der Waals surface area contributed by atoms with Crippen LogP contribution in [0.5, 0.6) is 0 Å². The zero-order chi connectivity index (χ0) is 17.6. The van der Waals surface area contributed by atoms with Gasteiger partial charge in [-0.3, -0.25) is 0 Å². The minimum absolute atomic E-state index is 0.489. The molecule has 2 nitrogen and oxygen atoms in total. The topological polar surface area (TPSA) is 35.8 Å². The Hall–Kier alpha value is -2.83. The highest BCUT2D eigenvalue weighted by molar-refractivity contribution is 7.11. The first-order valence-electron chi connectivity index (χ1n) is 8.31. The van der Waals surface area contributed by atoms with Crippen LogP contribution in [0.25, 0.3) is 28.0 Å². The molecule has 0 aliphatic carbocycles. The van der Waals surface area contributed by atoms with Crippen molar-refractivity contribution < 1.29 is 0 Å². The van der Waals surface area contributed by atoms with Gasteiger partial charge in [0.05, 0.1) is 16.5 Å². The molecule has 3 heteroatoms. The Morgan fingerprint density at radius 1 is 1.04 bits per heavy atom. The highest BCUT2D eigenvalue weighted by Gasteiger charge is 2.25. The van der Waals surface area contributed by atoms with E-state index in [0.717, 1.165) is 38.5 Å². The monoisotopic (exact) mass is 342 g/mol. The third-order valence-electron chi connectivity index (χ3n) is 4.69. The Kier molecular flexibility index (Phi) is 3.71. The second-order valence-corrected chi connectivity index (χ2v) is 7.48. The lowest BCUT2D eigenvalue weighted by molar-refractivity contribution is 0.867. The molecule has 2 aromatic carbocycles. The van der Waals surface area contributed by atoms with Gasteiger partial charge < -0.3 is 5.32 Å². The summed E-state index contributed by atoms with van der Waals surface area (Å²) in [4.78, 5) is 1.14. The molecule has 0 saturated heterocycles. The van der Waals surface area contributed by atoms with E-state index in [9.17, 15) is 5.26 Å². The van der Waals surface area contributed by atoms with Crippen molar-refractivity contribution in [1.82, 2.24) is 0 Å². The average molecular weight is 342 g/mol. The Bertz CT molecular complexity index is 1020. The van der Waals surface area contributed by atoms with E-state index >= 15 is 0 Å². The summed E-state index contributed by atoms with van der Waals surface area (Å²) in [6.45, 7) is 8.51. The van der Waals surface area contributed by atoms with Crippen LogP contribution in [-0.4, -0.2) is 0 Å². The fraction of sp³-hybridized carbons (Fsp3) is 0.136. The Balaban J connectivity index is 1.99. The fourth-order valence-electron chi connectivity index (χ4n) is 3.37. The van der Waals surface area contributed by atoms with Crippen molar-refractivity contribution in [2.75, 3.05) is 5.32 Å². The number of thiophene rings is 1. The molecule has 1 N–H and O–H groups in total. The van der Waals surface area contributed by atoms with Crippen LogP contribution in [0.15, 0.2) is 54.4 Å². The van der Waals surface area contributed by atoms with Crippen molar-refractivity contribution in [3.63, 3.8) is 0 Å². The largest absolute Gasteiger partial charge is 0.354 e. The summed E-state index contributed by atoms with van der Waals surface area (Å²) < 4.78 is 0. The number of nitriles is 1. The number of anilines is 1. The summed E-state index contributed by atoms with van der Waals surface area (Å²) in [6.07, 6.45) is 0. The third kappa shape index (κ3) is 2.47. The lowest BCUT2D eigenvalue weighted by Crippen LogP contribution is -2.06. The molecule has 25 heavy (non-hydrogen) atoms. The van der Waals surface area contributed by atoms with Gasteiger partial charge in [0, 0.05) is 28.1 Å². The van der Waals surface area contributed by atoms with Gasteiger partial charge in [0.25, 0.3) is 0 Å². The predicted octanol–water partition coefficient (Wildman–Crippen LogP) is 6.47. The molecule has 2 heterocycles. The van der Waals surface area contributed by atoms with E-state index in [1.807, 2.05) is 12.1 Å². The van der Waals surface area contributed by atoms with Crippen LogP contribution >= 0.6 is 11.3 Å². The molecule has 3 aromatic rings. The predicted molar refractivity (Wildman–Crippen MR) is 107 cm³/mol. The molecule has 0 spiro atoms. The van der Waals surface area contributed by atoms with E-state index in [2.05, 4.69) is 67.5 Å². The standard InChI is InChI=1S/C22H18N2S/c1-13(2)15-4-6-16(7-5-15)20-17(12-23)8-9-19-21(20)18-10-11-25-22(18)14(3)24-19/h4-11,13,24H,3H2,1-2H3. The van der Waals surface area contributed by atoms with Gasteiger partial charge in [-0.25, -0.2) is 0 Å². The molecule has 1 aliphatic heterocycles. The lowest BCUT2D eigenvalue weighted by Gasteiger charge is -2.24.